The minimum atomic E-state index is -0.738. The average Bonchev–Trinajstić information content (AvgIpc) is 2.79. The van der Waals surface area contributed by atoms with E-state index in [-0.39, 0.29) is 12.4 Å². The summed E-state index contributed by atoms with van der Waals surface area (Å²) in [6, 6.07) is 15.1. The van der Waals surface area contributed by atoms with Gasteiger partial charge in [0.25, 0.3) is 11.5 Å². The minimum Gasteiger partial charge on any atom is -0.490 e. The van der Waals surface area contributed by atoms with Crippen molar-refractivity contribution in [3.8, 4) is 11.5 Å². The van der Waals surface area contributed by atoms with Gasteiger partial charge in [0.05, 0.1) is 19.4 Å². The number of amides is 1. The molecular formula is C21H22N6O5. The van der Waals surface area contributed by atoms with Crippen molar-refractivity contribution in [3.05, 3.63) is 80.5 Å². The van der Waals surface area contributed by atoms with Crippen LogP contribution in [0.15, 0.2) is 63.2 Å². The van der Waals surface area contributed by atoms with Crippen LogP contribution >= 0.6 is 0 Å². The highest BCUT2D eigenvalue weighted by atomic mass is 16.5. The largest absolute Gasteiger partial charge is 0.490 e. The maximum absolute atomic E-state index is 11.9. The number of aromatic nitrogens is 3. The van der Waals surface area contributed by atoms with Gasteiger partial charge < -0.3 is 14.8 Å². The fourth-order valence-corrected chi connectivity index (χ4v) is 2.58. The fourth-order valence-electron chi connectivity index (χ4n) is 2.58. The Balaban J connectivity index is 1.56. The molecular weight excluding hydrogens is 416 g/mol. The zero-order valence-corrected chi connectivity index (χ0v) is 17.3. The number of aromatic amines is 2. The first-order valence-corrected chi connectivity index (χ1v) is 9.73. The number of nitrogens with zero attached hydrogens (tertiary/aromatic N) is 2. The second-order valence-electron chi connectivity index (χ2n) is 6.42. The van der Waals surface area contributed by atoms with Crippen molar-refractivity contribution in [2.75, 3.05) is 18.5 Å². The number of nitrogens with one attached hydrogen (secondary N) is 4. The predicted octanol–water partition coefficient (Wildman–Crippen LogP) is 0.998. The molecule has 0 aliphatic heterocycles. The lowest BCUT2D eigenvalue weighted by Crippen LogP contribution is -2.31. The number of carbonyl (C=O) groups is 1. The predicted molar refractivity (Wildman–Crippen MR) is 118 cm³/mol. The van der Waals surface area contributed by atoms with Crippen molar-refractivity contribution in [2.45, 2.75) is 13.5 Å². The van der Waals surface area contributed by atoms with Gasteiger partial charge in [-0.2, -0.15) is 5.10 Å². The smallest absolute Gasteiger partial charge is 0.342 e. The topological polar surface area (TPSA) is 151 Å². The number of anilines is 1. The Hall–Kier alpha value is -4.41. The van der Waals surface area contributed by atoms with Crippen LogP contribution in [-0.4, -0.2) is 40.5 Å². The molecule has 32 heavy (non-hydrogen) atoms. The molecule has 0 bridgehead atoms. The molecule has 0 atom stereocenters. The first-order valence-electron chi connectivity index (χ1n) is 9.73. The van der Waals surface area contributed by atoms with Gasteiger partial charge in [-0.1, -0.05) is 30.3 Å². The summed E-state index contributed by atoms with van der Waals surface area (Å²) >= 11 is 0. The molecule has 4 N–H and O–H groups in total. The molecule has 1 heterocycles. The van der Waals surface area contributed by atoms with Crippen LogP contribution in [0, 0.1) is 0 Å². The van der Waals surface area contributed by atoms with Gasteiger partial charge in [-0.15, -0.1) is 5.10 Å². The lowest BCUT2D eigenvalue weighted by molar-refractivity contribution is -0.119. The molecule has 3 aromatic rings. The summed E-state index contributed by atoms with van der Waals surface area (Å²) < 4.78 is 11.5. The zero-order chi connectivity index (χ0) is 22.8. The van der Waals surface area contributed by atoms with Crippen molar-refractivity contribution in [3.63, 3.8) is 0 Å². The molecule has 11 heteroatoms. The monoisotopic (exact) mass is 438 g/mol. The highest BCUT2D eigenvalue weighted by Gasteiger charge is 2.07. The third-order valence-electron chi connectivity index (χ3n) is 4.04. The van der Waals surface area contributed by atoms with E-state index in [9.17, 15) is 14.4 Å². The highest BCUT2D eigenvalue weighted by Crippen LogP contribution is 2.28. The quantitative estimate of drug-likeness (QED) is 0.272. The molecule has 0 aliphatic carbocycles. The number of rotatable bonds is 10. The van der Waals surface area contributed by atoms with Crippen LogP contribution in [0.1, 0.15) is 18.1 Å². The lowest BCUT2D eigenvalue weighted by atomic mass is 10.2. The van der Waals surface area contributed by atoms with Gasteiger partial charge in [-0.25, -0.2) is 15.3 Å². The average molecular weight is 438 g/mol. The lowest BCUT2D eigenvalue weighted by Gasteiger charge is -2.12. The summed E-state index contributed by atoms with van der Waals surface area (Å²) in [4.78, 5) is 36.3. The number of carbonyl (C=O) groups excluding carboxylic acids is 1. The molecule has 1 aromatic heterocycles. The number of hydrogen-bond donors (Lipinski definition) is 4. The van der Waals surface area contributed by atoms with Gasteiger partial charge in [0.2, 0.25) is 5.82 Å². The molecule has 1 amide bonds. The Morgan fingerprint density at radius 2 is 1.94 bits per heavy atom. The fraction of sp³-hybridized carbons (Fsp3) is 0.190. The number of ether oxygens (including phenoxy) is 2. The summed E-state index contributed by atoms with van der Waals surface area (Å²) in [7, 11) is 0. The van der Waals surface area contributed by atoms with E-state index in [0.717, 1.165) is 5.56 Å². The third kappa shape index (κ3) is 6.55. The molecule has 0 unspecified atom stereocenters. The van der Waals surface area contributed by atoms with Crippen LogP contribution in [0.2, 0.25) is 0 Å². The summed E-state index contributed by atoms with van der Waals surface area (Å²) in [6.45, 7) is 2.47. The second-order valence-corrected chi connectivity index (χ2v) is 6.42. The van der Waals surface area contributed by atoms with Crippen LogP contribution < -0.4 is 31.5 Å². The molecule has 166 valence electrons. The van der Waals surface area contributed by atoms with E-state index >= 15 is 0 Å². The normalized spacial score (nSPS) is 10.7. The minimum absolute atomic E-state index is 0.184. The van der Waals surface area contributed by atoms with Crippen LogP contribution in [0.3, 0.4) is 0 Å². The number of hydrogen-bond acceptors (Lipinski definition) is 8. The Morgan fingerprint density at radius 3 is 2.69 bits per heavy atom. The van der Waals surface area contributed by atoms with E-state index in [0.29, 0.717) is 30.3 Å². The molecule has 0 saturated heterocycles. The molecule has 0 radical (unpaired) electrons. The maximum atomic E-state index is 11.9. The van der Waals surface area contributed by atoms with E-state index in [1.165, 1.54) is 6.21 Å². The van der Waals surface area contributed by atoms with Crippen LogP contribution in [0.25, 0.3) is 0 Å². The molecule has 2 aromatic carbocycles. The summed E-state index contributed by atoms with van der Waals surface area (Å²) in [5.74, 6) is 0.459. The number of hydrazone groups is 1. The van der Waals surface area contributed by atoms with Crippen molar-refractivity contribution >= 4 is 17.9 Å². The first-order chi connectivity index (χ1) is 15.5. The Labute approximate surface area is 182 Å². The molecule has 3 rings (SSSR count). The Morgan fingerprint density at radius 1 is 1.12 bits per heavy atom. The number of benzene rings is 2. The molecule has 0 spiro atoms. The van der Waals surface area contributed by atoms with Crippen molar-refractivity contribution < 1.29 is 14.3 Å². The molecule has 11 nitrogen and oxygen atoms in total. The standard InChI is InChI=1S/C21H22N6O5/c1-2-31-17-10-15(8-9-16(17)32-13-14-6-4-3-5-7-14)11-23-25-18(28)12-22-19-20(29)24-21(30)27-26-19/h3-11H,2,12-13H2,1H3,(H,22,26)(H,25,28)(H2,24,27,29,30)/b23-11+. The first kappa shape index (κ1) is 22.3. The molecule has 0 aliphatic rings. The van der Waals surface area contributed by atoms with Crippen LogP contribution in [0.4, 0.5) is 5.82 Å². The van der Waals surface area contributed by atoms with Crippen molar-refractivity contribution in [1.82, 2.24) is 20.6 Å². The van der Waals surface area contributed by atoms with E-state index in [2.05, 4.69) is 26.0 Å². The van der Waals surface area contributed by atoms with Gasteiger partial charge in [-0.3, -0.25) is 14.6 Å². The van der Waals surface area contributed by atoms with E-state index in [4.69, 9.17) is 9.47 Å². The summed E-state index contributed by atoms with van der Waals surface area (Å²) in [5.41, 5.74) is 2.58. The summed E-state index contributed by atoms with van der Waals surface area (Å²) in [5, 5.41) is 12.0. The molecule has 0 fully saturated rings. The zero-order valence-electron chi connectivity index (χ0n) is 17.3. The third-order valence-corrected chi connectivity index (χ3v) is 4.04. The Kier molecular flexibility index (Phi) is 7.73. The van der Waals surface area contributed by atoms with Crippen LogP contribution in [-0.2, 0) is 11.4 Å². The Bertz CT molecular complexity index is 1190. The molecule has 0 saturated carbocycles. The van der Waals surface area contributed by atoms with Gasteiger partial charge >= 0.3 is 5.69 Å². The van der Waals surface area contributed by atoms with Gasteiger partial charge in [0, 0.05) is 0 Å². The summed E-state index contributed by atoms with van der Waals surface area (Å²) in [6.07, 6.45) is 1.45. The second kappa shape index (κ2) is 11.1. The number of H-pyrrole nitrogens is 2. The highest BCUT2D eigenvalue weighted by molar-refractivity contribution is 5.84. The van der Waals surface area contributed by atoms with E-state index in [1.54, 1.807) is 18.2 Å². The van der Waals surface area contributed by atoms with Crippen LogP contribution in [0.5, 0.6) is 11.5 Å². The van der Waals surface area contributed by atoms with E-state index in [1.807, 2.05) is 42.2 Å². The van der Waals surface area contributed by atoms with Crippen molar-refractivity contribution in [1.29, 1.82) is 0 Å². The van der Waals surface area contributed by atoms with Crippen molar-refractivity contribution in [2.24, 2.45) is 5.10 Å². The SMILES string of the molecule is CCOc1cc(/C=N/NC(=O)CNc2n[nH]c(=O)[nH]c2=O)ccc1OCc1ccccc1. The maximum Gasteiger partial charge on any atom is 0.342 e. The van der Waals surface area contributed by atoms with E-state index < -0.39 is 17.2 Å². The van der Waals surface area contributed by atoms with Gasteiger partial charge in [0.1, 0.15) is 6.61 Å². The van der Waals surface area contributed by atoms with Gasteiger partial charge in [-0.05, 0) is 36.2 Å². The van der Waals surface area contributed by atoms with Gasteiger partial charge in [0.15, 0.2) is 11.5 Å².